The van der Waals surface area contributed by atoms with Crippen LogP contribution in [0.2, 0.25) is 0 Å². The van der Waals surface area contributed by atoms with Crippen molar-refractivity contribution in [3.05, 3.63) is 24.3 Å². The van der Waals surface area contributed by atoms with E-state index in [0.717, 1.165) is 24.3 Å². The average molecular weight is 220 g/mol. The van der Waals surface area contributed by atoms with Crippen LogP contribution >= 0.6 is 0 Å². The van der Waals surface area contributed by atoms with Gasteiger partial charge in [0, 0.05) is 23.8 Å². The van der Waals surface area contributed by atoms with E-state index in [1.54, 1.807) is 0 Å². The molecular weight excluding hydrogens is 200 g/mol. The highest BCUT2D eigenvalue weighted by Gasteiger charge is 2.17. The van der Waals surface area contributed by atoms with Gasteiger partial charge < -0.3 is 10.6 Å². The van der Waals surface area contributed by atoms with E-state index < -0.39 is 0 Å². The number of nitrogens with two attached hydrogens (primary N) is 1. The number of anilines is 2. The Balaban J connectivity index is 2.93. The largest absolute Gasteiger partial charge is 0.399 e. The maximum Gasteiger partial charge on any atom is 0.229 e. The Hall–Kier alpha value is -1.51. The van der Waals surface area contributed by atoms with E-state index in [-0.39, 0.29) is 11.8 Å². The predicted octanol–water partition coefficient (Wildman–Crippen LogP) is 2.67. The summed E-state index contributed by atoms with van der Waals surface area (Å²) >= 11 is 0. The van der Waals surface area contributed by atoms with Crippen molar-refractivity contribution < 1.29 is 4.79 Å². The number of rotatable bonds is 4. The second-order valence-electron chi connectivity index (χ2n) is 4.24. The molecule has 0 saturated carbocycles. The van der Waals surface area contributed by atoms with Crippen molar-refractivity contribution in [1.29, 1.82) is 0 Å². The molecule has 0 saturated heterocycles. The first-order valence-corrected chi connectivity index (χ1v) is 5.73. The highest BCUT2D eigenvalue weighted by molar-refractivity contribution is 5.94. The number of carbonyl (C=O) groups is 1. The summed E-state index contributed by atoms with van der Waals surface area (Å²) in [6.45, 7) is 6.66. The molecule has 0 aliphatic heterocycles. The van der Waals surface area contributed by atoms with Crippen molar-refractivity contribution in [2.75, 3.05) is 17.2 Å². The lowest BCUT2D eigenvalue weighted by Gasteiger charge is -2.24. The van der Waals surface area contributed by atoms with Crippen molar-refractivity contribution in [3.63, 3.8) is 0 Å². The molecule has 1 amide bonds. The summed E-state index contributed by atoms with van der Waals surface area (Å²) in [5.41, 5.74) is 7.28. The van der Waals surface area contributed by atoms with E-state index >= 15 is 0 Å². The Morgan fingerprint density at radius 3 is 2.31 bits per heavy atom. The fourth-order valence-corrected chi connectivity index (χ4v) is 1.56. The van der Waals surface area contributed by atoms with Crippen LogP contribution in [-0.4, -0.2) is 12.5 Å². The first-order valence-electron chi connectivity index (χ1n) is 5.73. The minimum absolute atomic E-state index is 0.0177. The molecule has 0 bridgehead atoms. The van der Waals surface area contributed by atoms with Gasteiger partial charge in [-0.25, -0.2) is 0 Å². The van der Waals surface area contributed by atoms with Crippen molar-refractivity contribution in [3.8, 4) is 0 Å². The quantitative estimate of drug-likeness (QED) is 0.793. The maximum absolute atomic E-state index is 12.0. The minimum atomic E-state index is 0.0177. The van der Waals surface area contributed by atoms with Gasteiger partial charge in [-0.15, -0.1) is 0 Å². The van der Waals surface area contributed by atoms with Crippen LogP contribution in [0.4, 0.5) is 11.4 Å². The molecule has 0 aliphatic carbocycles. The third-order valence-corrected chi connectivity index (χ3v) is 2.41. The Labute approximate surface area is 97.2 Å². The number of nitrogen functional groups attached to an aromatic ring is 1. The predicted molar refractivity (Wildman–Crippen MR) is 68.3 cm³/mol. The van der Waals surface area contributed by atoms with Gasteiger partial charge in [-0.1, -0.05) is 20.8 Å². The van der Waals surface area contributed by atoms with E-state index in [2.05, 4.69) is 6.92 Å². The second-order valence-corrected chi connectivity index (χ2v) is 4.24. The smallest absolute Gasteiger partial charge is 0.229 e. The van der Waals surface area contributed by atoms with Gasteiger partial charge in [0.25, 0.3) is 0 Å². The molecule has 0 aliphatic rings. The van der Waals surface area contributed by atoms with Crippen LogP contribution in [0.3, 0.4) is 0 Å². The molecule has 2 N–H and O–H groups in total. The Kier molecular flexibility index (Phi) is 4.35. The first kappa shape index (κ1) is 12.6. The molecule has 88 valence electrons. The first-order chi connectivity index (χ1) is 7.56. The summed E-state index contributed by atoms with van der Waals surface area (Å²) in [5.74, 6) is 0.177. The molecule has 0 fully saturated rings. The number of benzene rings is 1. The fraction of sp³-hybridized carbons (Fsp3) is 0.462. The van der Waals surface area contributed by atoms with Gasteiger partial charge in [0.2, 0.25) is 5.91 Å². The number of hydrogen-bond donors (Lipinski definition) is 1. The molecule has 0 aromatic heterocycles. The molecule has 16 heavy (non-hydrogen) atoms. The maximum atomic E-state index is 12.0. The standard InChI is InChI=1S/C13H20N2O/c1-4-9-15(13(16)10(2)3)12-7-5-11(14)6-8-12/h5-8,10H,4,9,14H2,1-3H3. The number of carbonyl (C=O) groups excluding carboxylic acids is 1. The van der Waals surface area contributed by atoms with Crippen molar-refractivity contribution in [1.82, 2.24) is 0 Å². The third kappa shape index (κ3) is 2.99. The molecule has 1 aromatic carbocycles. The number of nitrogens with zero attached hydrogens (tertiary/aromatic N) is 1. The molecule has 1 rings (SSSR count). The lowest BCUT2D eigenvalue weighted by molar-refractivity contribution is -0.121. The van der Waals surface area contributed by atoms with E-state index in [4.69, 9.17) is 5.73 Å². The number of hydrogen-bond acceptors (Lipinski definition) is 2. The monoisotopic (exact) mass is 220 g/mol. The molecule has 3 nitrogen and oxygen atoms in total. The van der Waals surface area contributed by atoms with Crippen LogP contribution in [0.15, 0.2) is 24.3 Å². The summed E-state index contributed by atoms with van der Waals surface area (Å²) in [5, 5.41) is 0. The van der Waals surface area contributed by atoms with Crippen molar-refractivity contribution in [2.45, 2.75) is 27.2 Å². The van der Waals surface area contributed by atoms with Crippen molar-refractivity contribution in [2.24, 2.45) is 5.92 Å². The summed E-state index contributed by atoms with van der Waals surface area (Å²) < 4.78 is 0. The van der Waals surface area contributed by atoms with E-state index in [1.807, 2.05) is 43.0 Å². The highest BCUT2D eigenvalue weighted by Crippen LogP contribution is 2.18. The van der Waals surface area contributed by atoms with Gasteiger partial charge >= 0.3 is 0 Å². The average Bonchev–Trinajstić information content (AvgIpc) is 2.26. The SMILES string of the molecule is CCCN(C(=O)C(C)C)c1ccc(N)cc1. The lowest BCUT2D eigenvalue weighted by Crippen LogP contribution is -2.34. The summed E-state index contributed by atoms with van der Waals surface area (Å²) in [4.78, 5) is 13.8. The molecule has 3 heteroatoms. The van der Waals surface area contributed by atoms with Gasteiger partial charge in [-0.2, -0.15) is 0 Å². The van der Waals surface area contributed by atoms with Gasteiger partial charge in [-0.3, -0.25) is 4.79 Å². The minimum Gasteiger partial charge on any atom is -0.399 e. The van der Waals surface area contributed by atoms with Crippen LogP contribution in [0.25, 0.3) is 0 Å². The summed E-state index contributed by atoms with van der Waals surface area (Å²) in [7, 11) is 0. The topological polar surface area (TPSA) is 46.3 Å². The van der Waals surface area contributed by atoms with Gasteiger partial charge in [0.05, 0.1) is 0 Å². The fourth-order valence-electron chi connectivity index (χ4n) is 1.56. The molecule has 0 heterocycles. The Morgan fingerprint density at radius 2 is 1.88 bits per heavy atom. The van der Waals surface area contributed by atoms with E-state index in [0.29, 0.717) is 0 Å². The van der Waals surface area contributed by atoms with Crippen molar-refractivity contribution >= 4 is 17.3 Å². The normalized spacial score (nSPS) is 10.5. The molecule has 0 atom stereocenters. The summed E-state index contributed by atoms with van der Waals surface area (Å²) in [6, 6.07) is 7.44. The molecule has 0 unspecified atom stereocenters. The molecule has 0 spiro atoms. The zero-order valence-electron chi connectivity index (χ0n) is 10.2. The Bertz CT molecular complexity index is 343. The molecule has 1 aromatic rings. The van der Waals surface area contributed by atoms with Crippen LogP contribution in [0.1, 0.15) is 27.2 Å². The van der Waals surface area contributed by atoms with E-state index in [1.165, 1.54) is 0 Å². The molecular formula is C13H20N2O. The molecule has 0 radical (unpaired) electrons. The van der Waals surface area contributed by atoms with Gasteiger partial charge in [0.1, 0.15) is 0 Å². The lowest BCUT2D eigenvalue weighted by atomic mass is 10.1. The van der Waals surface area contributed by atoms with Crippen LogP contribution in [0.5, 0.6) is 0 Å². The van der Waals surface area contributed by atoms with Crippen LogP contribution in [0, 0.1) is 5.92 Å². The summed E-state index contributed by atoms with van der Waals surface area (Å²) in [6.07, 6.45) is 0.947. The Morgan fingerprint density at radius 1 is 1.31 bits per heavy atom. The van der Waals surface area contributed by atoms with E-state index in [9.17, 15) is 4.79 Å². The van der Waals surface area contributed by atoms with Crippen LogP contribution < -0.4 is 10.6 Å². The van der Waals surface area contributed by atoms with Gasteiger partial charge in [0.15, 0.2) is 0 Å². The highest BCUT2D eigenvalue weighted by atomic mass is 16.2. The zero-order valence-corrected chi connectivity index (χ0v) is 10.2. The third-order valence-electron chi connectivity index (χ3n) is 2.41. The second kappa shape index (κ2) is 5.54. The zero-order chi connectivity index (χ0) is 12.1. The van der Waals surface area contributed by atoms with Crippen LogP contribution in [-0.2, 0) is 4.79 Å². The van der Waals surface area contributed by atoms with Gasteiger partial charge in [-0.05, 0) is 30.7 Å². The number of amides is 1.